The Hall–Kier alpha value is -1.36. The molecule has 1 heterocycles. The zero-order valence-corrected chi connectivity index (χ0v) is 11.3. The molecule has 1 aromatic rings. The van der Waals surface area contributed by atoms with Crippen LogP contribution < -0.4 is 11.1 Å². The highest BCUT2D eigenvalue weighted by Crippen LogP contribution is 2.39. The van der Waals surface area contributed by atoms with Crippen molar-refractivity contribution in [3.05, 3.63) is 11.4 Å². The maximum Gasteiger partial charge on any atom is 0.136 e. The van der Waals surface area contributed by atoms with Crippen LogP contribution >= 0.6 is 0 Å². The highest BCUT2D eigenvalue weighted by molar-refractivity contribution is 5.55. The van der Waals surface area contributed by atoms with Gasteiger partial charge in [0, 0.05) is 11.5 Å². The first-order chi connectivity index (χ1) is 8.52. The molecule has 5 heteroatoms. The van der Waals surface area contributed by atoms with Crippen LogP contribution in [0.4, 0.5) is 11.6 Å². The predicted octanol–water partition coefficient (Wildman–Crippen LogP) is 1.67. The second kappa shape index (κ2) is 5.10. The molecule has 1 unspecified atom stereocenters. The third-order valence-electron chi connectivity index (χ3n) is 3.47. The first-order valence-electron chi connectivity index (χ1n) is 6.54. The lowest BCUT2D eigenvalue weighted by Gasteiger charge is -2.22. The highest BCUT2D eigenvalue weighted by atomic mass is 16.3. The van der Waals surface area contributed by atoms with Crippen molar-refractivity contribution in [3.8, 4) is 0 Å². The molecule has 1 aliphatic carbocycles. The van der Waals surface area contributed by atoms with E-state index in [4.69, 9.17) is 5.73 Å². The van der Waals surface area contributed by atoms with Gasteiger partial charge in [-0.1, -0.05) is 13.8 Å². The minimum Gasteiger partial charge on any atom is -0.394 e. The molecule has 0 aromatic carbocycles. The molecule has 1 aromatic heterocycles. The third-order valence-corrected chi connectivity index (χ3v) is 3.47. The summed E-state index contributed by atoms with van der Waals surface area (Å²) in [6, 6.07) is -0.00921. The van der Waals surface area contributed by atoms with Crippen LogP contribution in [0.15, 0.2) is 0 Å². The molecule has 0 aliphatic heterocycles. The Morgan fingerprint density at radius 3 is 2.56 bits per heavy atom. The van der Waals surface area contributed by atoms with Gasteiger partial charge in [-0.15, -0.1) is 0 Å². The van der Waals surface area contributed by atoms with Gasteiger partial charge < -0.3 is 16.2 Å². The number of rotatable bonds is 5. The van der Waals surface area contributed by atoms with Crippen LogP contribution in [-0.2, 0) is 0 Å². The van der Waals surface area contributed by atoms with Crippen LogP contribution in [0.25, 0.3) is 0 Å². The predicted molar refractivity (Wildman–Crippen MR) is 72.5 cm³/mol. The Morgan fingerprint density at radius 1 is 1.39 bits per heavy atom. The molecular formula is C13H22N4O. The lowest BCUT2D eigenvalue weighted by atomic mass is 10.1. The fraction of sp³-hybridized carbons (Fsp3) is 0.692. The molecule has 2 rings (SSSR count). The van der Waals surface area contributed by atoms with Gasteiger partial charge in [0.25, 0.3) is 0 Å². The van der Waals surface area contributed by atoms with Crippen LogP contribution in [0.1, 0.15) is 44.0 Å². The van der Waals surface area contributed by atoms with Gasteiger partial charge in [-0.2, -0.15) is 0 Å². The summed E-state index contributed by atoms with van der Waals surface area (Å²) >= 11 is 0. The number of nitrogens with zero attached hydrogens (tertiary/aromatic N) is 2. The summed E-state index contributed by atoms with van der Waals surface area (Å²) in [5.74, 6) is 2.93. The number of nitrogens with two attached hydrogens (primary N) is 1. The molecule has 5 nitrogen and oxygen atoms in total. The van der Waals surface area contributed by atoms with Crippen LogP contribution in [0, 0.1) is 12.8 Å². The lowest BCUT2D eigenvalue weighted by Crippen LogP contribution is -2.30. The standard InChI is InChI=1S/C13H22N4O/c1-7(2)10(6-18)15-12-8(3)11(14)16-13(17-12)9-4-5-9/h7,9-10,18H,4-6H2,1-3H3,(H3,14,15,16,17). The number of aliphatic hydroxyl groups is 1. The average molecular weight is 250 g/mol. The van der Waals surface area contributed by atoms with Crippen LogP contribution in [0.3, 0.4) is 0 Å². The fourth-order valence-corrected chi connectivity index (χ4v) is 1.82. The Labute approximate surface area is 108 Å². The van der Waals surface area contributed by atoms with E-state index in [1.165, 1.54) is 0 Å². The van der Waals surface area contributed by atoms with Gasteiger partial charge in [0.2, 0.25) is 0 Å². The Balaban J connectivity index is 2.25. The van der Waals surface area contributed by atoms with E-state index in [0.29, 0.717) is 17.7 Å². The van der Waals surface area contributed by atoms with Crippen molar-refractivity contribution in [2.24, 2.45) is 5.92 Å². The van der Waals surface area contributed by atoms with Crippen LogP contribution in [0.2, 0.25) is 0 Å². The van der Waals surface area contributed by atoms with Gasteiger partial charge in [-0.3, -0.25) is 0 Å². The molecule has 0 amide bonds. The van der Waals surface area contributed by atoms with E-state index < -0.39 is 0 Å². The fourth-order valence-electron chi connectivity index (χ4n) is 1.82. The Morgan fingerprint density at radius 2 is 2.06 bits per heavy atom. The number of aliphatic hydroxyl groups excluding tert-OH is 1. The zero-order chi connectivity index (χ0) is 13.3. The highest BCUT2D eigenvalue weighted by Gasteiger charge is 2.28. The van der Waals surface area contributed by atoms with Crippen molar-refractivity contribution in [3.63, 3.8) is 0 Å². The zero-order valence-electron chi connectivity index (χ0n) is 11.3. The summed E-state index contributed by atoms with van der Waals surface area (Å²) in [6.07, 6.45) is 2.30. The molecule has 4 N–H and O–H groups in total. The van der Waals surface area contributed by atoms with Gasteiger partial charge in [0.1, 0.15) is 17.5 Å². The largest absolute Gasteiger partial charge is 0.394 e. The average Bonchev–Trinajstić information content (AvgIpc) is 3.14. The van der Waals surface area contributed by atoms with Crippen molar-refractivity contribution in [1.82, 2.24) is 9.97 Å². The number of nitrogens with one attached hydrogen (secondary N) is 1. The molecule has 1 aliphatic rings. The SMILES string of the molecule is Cc1c(N)nc(C2CC2)nc1NC(CO)C(C)C. The minimum absolute atomic E-state index is 0.00921. The van der Waals surface area contributed by atoms with Gasteiger partial charge in [-0.05, 0) is 25.7 Å². The van der Waals surface area contributed by atoms with Crippen LogP contribution in [-0.4, -0.2) is 27.7 Å². The normalized spacial score (nSPS) is 16.9. The van der Waals surface area contributed by atoms with E-state index >= 15 is 0 Å². The van der Waals surface area contributed by atoms with Crippen molar-refractivity contribution in [2.75, 3.05) is 17.7 Å². The van der Waals surface area contributed by atoms with E-state index in [-0.39, 0.29) is 12.6 Å². The van der Waals surface area contributed by atoms with Crippen molar-refractivity contribution >= 4 is 11.6 Å². The summed E-state index contributed by atoms with van der Waals surface area (Å²) < 4.78 is 0. The van der Waals surface area contributed by atoms with E-state index in [1.54, 1.807) is 0 Å². The minimum atomic E-state index is -0.00921. The number of hydrogen-bond donors (Lipinski definition) is 3. The topological polar surface area (TPSA) is 84.1 Å². The second-order valence-electron chi connectivity index (χ2n) is 5.39. The molecule has 1 saturated carbocycles. The molecule has 1 fully saturated rings. The van der Waals surface area contributed by atoms with E-state index in [2.05, 4.69) is 29.1 Å². The molecule has 100 valence electrons. The van der Waals surface area contributed by atoms with E-state index in [9.17, 15) is 5.11 Å². The Bertz CT molecular complexity index is 429. The van der Waals surface area contributed by atoms with Gasteiger partial charge in [0.15, 0.2) is 0 Å². The number of anilines is 2. The number of hydrogen-bond acceptors (Lipinski definition) is 5. The maximum absolute atomic E-state index is 9.37. The van der Waals surface area contributed by atoms with Crippen molar-refractivity contribution in [1.29, 1.82) is 0 Å². The first kappa shape index (κ1) is 13.1. The summed E-state index contributed by atoms with van der Waals surface area (Å²) in [6.45, 7) is 6.12. The van der Waals surface area contributed by atoms with Crippen molar-refractivity contribution < 1.29 is 5.11 Å². The quantitative estimate of drug-likeness (QED) is 0.740. The molecule has 1 atom stereocenters. The molecule has 0 radical (unpaired) electrons. The summed E-state index contributed by atoms with van der Waals surface area (Å²) in [7, 11) is 0. The molecule has 0 saturated heterocycles. The smallest absolute Gasteiger partial charge is 0.136 e. The third kappa shape index (κ3) is 2.72. The lowest BCUT2D eigenvalue weighted by molar-refractivity contribution is 0.249. The first-order valence-corrected chi connectivity index (χ1v) is 6.54. The summed E-state index contributed by atoms with van der Waals surface area (Å²) in [5, 5.41) is 12.7. The molecule has 0 bridgehead atoms. The number of nitrogen functional groups attached to an aromatic ring is 1. The summed E-state index contributed by atoms with van der Waals surface area (Å²) in [5.41, 5.74) is 6.79. The summed E-state index contributed by atoms with van der Waals surface area (Å²) in [4.78, 5) is 8.89. The van der Waals surface area contributed by atoms with E-state index in [0.717, 1.165) is 30.0 Å². The molecular weight excluding hydrogens is 228 g/mol. The van der Waals surface area contributed by atoms with Gasteiger partial charge in [-0.25, -0.2) is 9.97 Å². The maximum atomic E-state index is 9.37. The molecule has 18 heavy (non-hydrogen) atoms. The van der Waals surface area contributed by atoms with Gasteiger partial charge >= 0.3 is 0 Å². The van der Waals surface area contributed by atoms with Crippen LogP contribution in [0.5, 0.6) is 0 Å². The monoisotopic (exact) mass is 250 g/mol. The van der Waals surface area contributed by atoms with Gasteiger partial charge in [0.05, 0.1) is 12.6 Å². The van der Waals surface area contributed by atoms with E-state index in [1.807, 2.05) is 6.92 Å². The van der Waals surface area contributed by atoms with Crippen molar-refractivity contribution in [2.45, 2.75) is 45.6 Å². The second-order valence-corrected chi connectivity index (χ2v) is 5.39. The Kier molecular flexibility index (Phi) is 3.71. The molecule has 0 spiro atoms. The number of aromatic nitrogens is 2.